The molecule has 0 radical (unpaired) electrons. The number of benzene rings is 1. The molecule has 0 spiro atoms. The number of halogens is 1. The van der Waals surface area contributed by atoms with Gasteiger partial charge < -0.3 is 5.32 Å². The van der Waals surface area contributed by atoms with Crippen molar-refractivity contribution >= 4 is 17.4 Å². The van der Waals surface area contributed by atoms with E-state index in [4.69, 9.17) is 11.6 Å². The average Bonchev–Trinajstić information content (AvgIpc) is 2.32. The highest BCUT2D eigenvalue weighted by Gasteiger charge is 2.03. The summed E-state index contributed by atoms with van der Waals surface area (Å²) >= 11 is 5.87. The first kappa shape index (κ1) is 12.8. The van der Waals surface area contributed by atoms with Gasteiger partial charge in [-0.1, -0.05) is 23.7 Å². The Morgan fingerprint density at radius 1 is 1.17 bits per heavy atom. The third kappa shape index (κ3) is 3.44. The van der Waals surface area contributed by atoms with Crippen molar-refractivity contribution in [3.05, 3.63) is 52.4 Å². The molecule has 0 aliphatic heterocycles. The van der Waals surface area contributed by atoms with E-state index in [1.54, 1.807) is 0 Å². The molecule has 0 aliphatic carbocycles. The van der Waals surface area contributed by atoms with Crippen LogP contribution in [0, 0.1) is 6.92 Å². The van der Waals surface area contributed by atoms with Gasteiger partial charge in [-0.15, -0.1) is 0 Å². The summed E-state index contributed by atoms with van der Waals surface area (Å²) in [7, 11) is 0. The Labute approximate surface area is 112 Å². The number of hydrogen-bond acceptors (Lipinski definition) is 3. The van der Waals surface area contributed by atoms with Crippen LogP contribution in [0.25, 0.3) is 0 Å². The summed E-state index contributed by atoms with van der Waals surface area (Å²) in [5.41, 5.74) is 2.14. The van der Waals surface area contributed by atoms with Crippen LogP contribution in [0.3, 0.4) is 0 Å². The van der Waals surface area contributed by atoms with Gasteiger partial charge in [0.15, 0.2) is 0 Å². The van der Waals surface area contributed by atoms with Gasteiger partial charge in [-0.25, -0.2) is 9.97 Å². The van der Waals surface area contributed by atoms with E-state index >= 15 is 0 Å². The summed E-state index contributed by atoms with van der Waals surface area (Å²) in [4.78, 5) is 8.94. The van der Waals surface area contributed by atoms with E-state index in [9.17, 15) is 0 Å². The summed E-state index contributed by atoms with van der Waals surface area (Å²) < 4.78 is 0. The summed E-state index contributed by atoms with van der Waals surface area (Å²) in [5.74, 6) is 1.71. The second-order valence-electron chi connectivity index (χ2n) is 4.14. The fraction of sp³-hybridized carbons (Fsp3) is 0.286. The number of nitrogens with one attached hydrogen (secondary N) is 1. The van der Waals surface area contributed by atoms with Gasteiger partial charge in [0, 0.05) is 29.7 Å². The lowest BCUT2D eigenvalue weighted by Gasteiger charge is -2.07. The molecular formula is C14H16ClN3. The summed E-state index contributed by atoms with van der Waals surface area (Å²) in [6.07, 6.45) is 0.719. The van der Waals surface area contributed by atoms with E-state index < -0.39 is 0 Å². The van der Waals surface area contributed by atoms with Crippen molar-refractivity contribution in [3.8, 4) is 0 Å². The first-order valence-electron chi connectivity index (χ1n) is 6.00. The number of hydrogen-bond donors (Lipinski definition) is 1. The molecule has 0 atom stereocenters. The van der Waals surface area contributed by atoms with Gasteiger partial charge in [0.2, 0.25) is 0 Å². The fourth-order valence-electron chi connectivity index (χ4n) is 1.77. The number of nitrogens with zero attached hydrogens (tertiary/aromatic N) is 2. The predicted octanol–water partition coefficient (Wildman–Crippen LogP) is 3.46. The average molecular weight is 262 g/mol. The van der Waals surface area contributed by atoms with Crippen LogP contribution in [-0.2, 0) is 6.42 Å². The minimum absolute atomic E-state index is 0.719. The quantitative estimate of drug-likeness (QED) is 0.916. The van der Waals surface area contributed by atoms with Gasteiger partial charge >= 0.3 is 0 Å². The molecule has 4 heteroatoms. The van der Waals surface area contributed by atoms with E-state index in [2.05, 4.69) is 22.2 Å². The molecule has 1 heterocycles. The van der Waals surface area contributed by atoms with Gasteiger partial charge in [0.25, 0.3) is 0 Å². The van der Waals surface area contributed by atoms with Crippen LogP contribution in [0.4, 0.5) is 5.82 Å². The van der Waals surface area contributed by atoms with Gasteiger partial charge in [0.1, 0.15) is 11.6 Å². The monoisotopic (exact) mass is 261 g/mol. The summed E-state index contributed by atoms with van der Waals surface area (Å²) in [6.45, 7) is 4.89. The van der Waals surface area contributed by atoms with E-state index in [-0.39, 0.29) is 0 Å². The van der Waals surface area contributed by atoms with Gasteiger partial charge in [-0.2, -0.15) is 0 Å². The number of rotatable bonds is 4. The van der Waals surface area contributed by atoms with Crippen LogP contribution in [0.2, 0.25) is 5.02 Å². The maximum Gasteiger partial charge on any atom is 0.135 e. The molecule has 0 unspecified atom stereocenters. The molecule has 2 rings (SSSR count). The smallest absolute Gasteiger partial charge is 0.135 e. The lowest BCUT2D eigenvalue weighted by Crippen LogP contribution is -2.05. The highest BCUT2D eigenvalue weighted by molar-refractivity contribution is 6.30. The lowest BCUT2D eigenvalue weighted by atomic mass is 10.1. The standard InChI is InChI=1S/C14H16ClN3/c1-3-16-13-8-10(2)17-14(18-13)9-11-4-6-12(15)7-5-11/h4-8H,3,9H2,1-2H3,(H,16,17,18). The molecule has 1 aromatic heterocycles. The second-order valence-corrected chi connectivity index (χ2v) is 4.58. The van der Waals surface area contributed by atoms with Crippen molar-refractivity contribution < 1.29 is 0 Å². The van der Waals surface area contributed by atoms with E-state index in [0.717, 1.165) is 40.9 Å². The van der Waals surface area contributed by atoms with E-state index in [1.807, 2.05) is 37.3 Å². The largest absolute Gasteiger partial charge is 0.370 e. The van der Waals surface area contributed by atoms with Crippen LogP contribution >= 0.6 is 11.6 Å². The molecule has 0 aliphatic rings. The Morgan fingerprint density at radius 3 is 2.56 bits per heavy atom. The molecule has 0 fully saturated rings. The normalized spacial score (nSPS) is 10.4. The molecular weight excluding hydrogens is 246 g/mol. The van der Waals surface area contributed by atoms with Crippen LogP contribution in [0.5, 0.6) is 0 Å². The Hall–Kier alpha value is -1.61. The van der Waals surface area contributed by atoms with Crippen LogP contribution < -0.4 is 5.32 Å². The zero-order chi connectivity index (χ0) is 13.0. The van der Waals surface area contributed by atoms with Crippen molar-refractivity contribution in [2.45, 2.75) is 20.3 Å². The molecule has 2 aromatic rings. The molecule has 0 bridgehead atoms. The molecule has 0 saturated carbocycles. The van der Waals surface area contributed by atoms with Crippen molar-refractivity contribution in [1.29, 1.82) is 0 Å². The van der Waals surface area contributed by atoms with Crippen LogP contribution in [-0.4, -0.2) is 16.5 Å². The minimum Gasteiger partial charge on any atom is -0.370 e. The zero-order valence-corrected chi connectivity index (χ0v) is 11.3. The maximum atomic E-state index is 5.87. The molecule has 1 N–H and O–H groups in total. The Morgan fingerprint density at radius 2 is 1.89 bits per heavy atom. The highest BCUT2D eigenvalue weighted by atomic mass is 35.5. The highest BCUT2D eigenvalue weighted by Crippen LogP contribution is 2.13. The molecule has 18 heavy (non-hydrogen) atoms. The van der Waals surface area contributed by atoms with Gasteiger partial charge in [-0.05, 0) is 31.5 Å². The molecule has 0 saturated heterocycles. The molecule has 1 aromatic carbocycles. The summed E-state index contributed by atoms with van der Waals surface area (Å²) in [6, 6.07) is 9.73. The Balaban J connectivity index is 2.20. The first-order valence-corrected chi connectivity index (χ1v) is 6.38. The van der Waals surface area contributed by atoms with Crippen molar-refractivity contribution in [3.63, 3.8) is 0 Å². The van der Waals surface area contributed by atoms with E-state index in [0.29, 0.717) is 0 Å². The zero-order valence-electron chi connectivity index (χ0n) is 10.6. The maximum absolute atomic E-state index is 5.87. The summed E-state index contributed by atoms with van der Waals surface area (Å²) in [5, 5.41) is 3.96. The Kier molecular flexibility index (Phi) is 4.15. The van der Waals surface area contributed by atoms with Crippen molar-refractivity contribution in [1.82, 2.24) is 9.97 Å². The van der Waals surface area contributed by atoms with Gasteiger partial charge in [-0.3, -0.25) is 0 Å². The molecule has 0 amide bonds. The molecule has 94 valence electrons. The topological polar surface area (TPSA) is 37.8 Å². The minimum atomic E-state index is 0.719. The third-order valence-corrected chi connectivity index (χ3v) is 2.79. The lowest BCUT2D eigenvalue weighted by molar-refractivity contribution is 0.938. The number of anilines is 1. The third-order valence-electron chi connectivity index (χ3n) is 2.53. The van der Waals surface area contributed by atoms with Gasteiger partial charge in [0.05, 0.1) is 0 Å². The fourth-order valence-corrected chi connectivity index (χ4v) is 1.89. The SMILES string of the molecule is CCNc1cc(C)nc(Cc2ccc(Cl)cc2)n1. The first-order chi connectivity index (χ1) is 8.67. The number of aromatic nitrogens is 2. The van der Waals surface area contributed by atoms with Crippen molar-refractivity contribution in [2.24, 2.45) is 0 Å². The molecule has 3 nitrogen and oxygen atoms in total. The second kappa shape index (κ2) is 5.83. The van der Waals surface area contributed by atoms with E-state index in [1.165, 1.54) is 0 Å². The number of aryl methyl sites for hydroxylation is 1. The van der Waals surface area contributed by atoms with Crippen LogP contribution in [0.15, 0.2) is 30.3 Å². The Bertz CT molecular complexity index is 523. The van der Waals surface area contributed by atoms with Crippen LogP contribution in [0.1, 0.15) is 24.0 Å². The predicted molar refractivity (Wildman–Crippen MR) is 75.2 cm³/mol. The van der Waals surface area contributed by atoms with Crippen molar-refractivity contribution in [2.75, 3.05) is 11.9 Å².